The van der Waals surface area contributed by atoms with Gasteiger partial charge in [-0.1, -0.05) is 118 Å². The predicted molar refractivity (Wildman–Crippen MR) is 125 cm³/mol. The largest absolute Gasteiger partial charge is 0.0775 e. The summed E-state index contributed by atoms with van der Waals surface area (Å²) in [6, 6.07) is 19.1. The van der Waals surface area contributed by atoms with Crippen molar-refractivity contribution in [1.82, 2.24) is 0 Å². The van der Waals surface area contributed by atoms with Crippen molar-refractivity contribution in [2.24, 2.45) is 5.92 Å². The Hall–Kier alpha value is -1.13. The second-order valence-corrected chi connectivity index (χ2v) is 20.2. The fraction of sp³-hybridized carbons (Fsp3) is 0.500. The first-order valence-corrected chi connectivity index (χ1v) is 17.2. The Bertz CT molecular complexity index is 627. The van der Waals surface area contributed by atoms with E-state index in [1.165, 1.54) is 24.0 Å². The van der Waals surface area contributed by atoms with Gasteiger partial charge in [0.25, 0.3) is 0 Å². The Morgan fingerprint density at radius 2 is 1.00 bits per heavy atom. The van der Waals surface area contributed by atoms with Crippen LogP contribution in [0.4, 0.5) is 0 Å². The van der Waals surface area contributed by atoms with E-state index in [-0.39, 0.29) is 0 Å². The maximum Gasteiger partial charge on any atom is 0.0775 e. The molecule has 0 amide bonds. The number of hydrogen-bond acceptors (Lipinski definition) is 0. The van der Waals surface area contributed by atoms with E-state index in [2.05, 4.69) is 102 Å². The minimum Gasteiger partial charge on any atom is -0.0656 e. The molecule has 0 radical (unpaired) electrons. The molecule has 0 saturated heterocycles. The lowest BCUT2D eigenvalue weighted by atomic mass is 9.83. The van der Waals surface area contributed by atoms with Crippen LogP contribution in [0.5, 0.6) is 0 Å². The smallest absolute Gasteiger partial charge is 0.0656 e. The lowest BCUT2D eigenvalue weighted by molar-refractivity contribution is 0.484. The SMILES string of the molecule is CCC(C)CC(c1ccc([Si](C)(C)C)cc1)c1ccc([Si](C)(C)C)cc1. The highest BCUT2D eigenvalue weighted by Gasteiger charge is 2.21. The van der Waals surface area contributed by atoms with Gasteiger partial charge in [-0.15, -0.1) is 0 Å². The van der Waals surface area contributed by atoms with E-state index in [1.807, 2.05) is 0 Å². The van der Waals surface area contributed by atoms with Gasteiger partial charge in [0.15, 0.2) is 0 Å². The molecule has 2 aromatic rings. The Morgan fingerprint density at radius 3 is 1.27 bits per heavy atom. The molecule has 0 spiro atoms. The summed E-state index contributed by atoms with van der Waals surface area (Å²) in [5.74, 6) is 1.25. The maximum atomic E-state index is 2.42. The van der Waals surface area contributed by atoms with Gasteiger partial charge in [0, 0.05) is 5.92 Å². The molecule has 26 heavy (non-hydrogen) atoms. The standard InChI is InChI=1S/C24H38Si2/c1-9-19(2)18-24(20-10-14-22(15-11-20)25(3,4)5)21-12-16-23(17-13-21)26(6,7)8/h10-17,19,24H,9,18H2,1-8H3. The molecule has 0 aromatic heterocycles. The molecular weight excluding hydrogens is 344 g/mol. The van der Waals surface area contributed by atoms with Gasteiger partial charge in [-0.2, -0.15) is 0 Å². The van der Waals surface area contributed by atoms with E-state index in [0.29, 0.717) is 5.92 Å². The third kappa shape index (κ3) is 5.44. The monoisotopic (exact) mass is 382 g/mol. The fourth-order valence-corrected chi connectivity index (χ4v) is 5.80. The quantitative estimate of drug-likeness (QED) is 0.490. The first-order valence-electron chi connectivity index (χ1n) is 10.2. The Balaban J connectivity index is 2.37. The van der Waals surface area contributed by atoms with E-state index in [1.54, 1.807) is 10.4 Å². The van der Waals surface area contributed by atoms with E-state index in [9.17, 15) is 0 Å². The van der Waals surface area contributed by atoms with Crippen LogP contribution in [0.2, 0.25) is 39.3 Å². The average Bonchev–Trinajstić information content (AvgIpc) is 2.58. The zero-order valence-corrected chi connectivity index (χ0v) is 20.2. The van der Waals surface area contributed by atoms with Gasteiger partial charge in [0.1, 0.15) is 0 Å². The van der Waals surface area contributed by atoms with E-state index < -0.39 is 16.1 Å². The highest BCUT2D eigenvalue weighted by molar-refractivity contribution is 6.89. The second-order valence-electron chi connectivity index (χ2n) is 10.0. The average molecular weight is 383 g/mol. The van der Waals surface area contributed by atoms with Gasteiger partial charge >= 0.3 is 0 Å². The van der Waals surface area contributed by atoms with Crippen LogP contribution in [-0.4, -0.2) is 16.1 Å². The van der Waals surface area contributed by atoms with Crippen LogP contribution >= 0.6 is 0 Å². The fourth-order valence-electron chi connectivity index (χ4n) is 3.46. The molecule has 1 unspecified atom stereocenters. The summed E-state index contributed by atoms with van der Waals surface area (Å²) in [5, 5.41) is 3.11. The maximum absolute atomic E-state index is 2.42. The van der Waals surface area contributed by atoms with Crippen LogP contribution in [0.3, 0.4) is 0 Å². The molecule has 0 aliphatic rings. The first-order chi connectivity index (χ1) is 12.0. The molecule has 2 rings (SSSR count). The zero-order chi connectivity index (χ0) is 19.5. The van der Waals surface area contributed by atoms with Crippen molar-refractivity contribution in [3.8, 4) is 0 Å². The second kappa shape index (κ2) is 8.27. The molecule has 0 aliphatic heterocycles. The topological polar surface area (TPSA) is 0 Å². The summed E-state index contributed by atoms with van der Waals surface area (Å²) in [6.07, 6.45) is 2.48. The molecule has 0 bridgehead atoms. The first kappa shape index (κ1) is 21.2. The molecule has 0 saturated carbocycles. The minimum absolute atomic E-state index is 0.510. The zero-order valence-electron chi connectivity index (χ0n) is 18.2. The number of hydrogen-bond donors (Lipinski definition) is 0. The van der Waals surface area contributed by atoms with Crippen molar-refractivity contribution in [1.29, 1.82) is 0 Å². The summed E-state index contributed by atoms with van der Waals surface area (Å²) < 4.78 is 0. The Morgan fingerprint density at radius 1 is 0.654 bits per heavy atom. The number of rotatable bonds is 7. The van der Waals surface area contributed by atoms with Crippen LogP contribution < -0.4 is 10.4 Å². The van der Waals surface area contributed by atoms with Crippen LogP contribution in [0.15, 0.2) is 48.5 Å². The van der Waals surface area contributed by atoms with Crippen LogP contribution in [0, 0.1) is 5.92 Å². The summed E-state index contributed by atoms with van der Waals surface area (Å²) in [7, 11) is -2.47. The highest BCUT2D eigenvalue weighted by Crippen LogP contribution is 2.31. The minimum atomic E-state index is -1.23. The van der Waals surface area contributed by atoms with Crippen molar-refractivity contribution >= 4 is 26.5 Å². The van der Waals surface area contributed by atoms with E-state index >= 15 is 0 Å². The molecule has 0 N–H and O–H groups in total. The van der Waals surface area contributed by atoms with Gasteiger partial charge in [0.2, 0.25) is 0 Å². The molecule has 142 valence electrons. The van der Waals surface area contributed by atoms with Gasteiger partial charge in [-0.3, -0.25) is 0 Å². The molecule has 0 heterocycles. The molecule has 0 nitrogen and oxygen atoms in total. The van der Waals surface area contributed by atoms with Gasteiger partial charge < -0.3 is 0 Å². The molecule has 2 heteroatoms. The van der Waals surface area contributed by atoms with Crippen LogP contribution in [-0.2, 0) is 0 Å². The molecule has 0 aliphatic carbocycles. The summed E-state index contributed by atoms with van der Waals surface area (Å²) in [6.45, 7) is 19.2. The molecular formula is C24H38Si2. The normalized spacial score (nSPS) is 13.9. The third-order valence-corrected chi connectivity index (χ3v) is 9.82. The highest BCUT2D eigenvalue weighted by atomic mass is 28.3. The van der Waals surface area contributed by atoms with Gasteiger partial charge in [-0.05, 0) is 23.5 Å². The Kier molecular flexibility index (Phi) is 6.73. The Labute approximate surface area is 164 Å². The van der Waals surface area contributed by atoms with Gasteiger partial charge in [0.05, 0.1) is 16.1 Å². The van der Waals surface area contributed by atoms with Crippen LogP contribution in [0.1, 0.15) is 43.7 Å². The van der Waals surface area contributed by atoms with Crippen molar-refractivity contribution in [2.45, 2.75) is 71.9 Å². The molecule has 1 atom stereocenters. The predicted octanol–water partition coefficient (Wildman–Crippen LogP) is 6.35. The summed E-state index contributed by atoms with van der Waals surface area (Å²) in [4.78, 5) is 0. The lowest BCUT2D eigenvalue weighted by Crippen LogP contribution is -2.37. The van der Waals surface area contributed by atoms with Crippen molar-refractivity contribution in [3.63, 3.8) is 0 Å². The van der Waals surface area contributed by atoms with Crippen molar-refractivity contribution in [2.75, 3.05) is 0 Å². The lowest BCUT2D eigenvalue weighted by Gasteiger charge is -2.24. The molecule has 0 fully saturated rings. The molecule has 2 aromatic carbocycles. The van der Waals surface area contributed by atoms with Gasteiger partial charge in [-0.25, -0.2) is 0 Å². The van der Waals surface area contributed by atoms with Crippen LogP contribution in [0.25, 0.3) is 0 Å². The number of benzene rings is 2. The van der Waals surface area contributed by atoms with E-state index in [4.69, 9.17) is 0 Å². The summed E-state index contributed by atoms with van der Waals surface area (Å²) >= 11 is 0. The van der Waals surface area contributed by atoms with E-state index in [0.717, 1.165) is 5.92 Å². The van der Waals surface area contributed by atoms with Crippen molar-refractivity contribution < 1.29 is 0 Å². The summed E-state index contributed by atoms with van der Waals surface area (Å²) in [5.41, 5.74) is 2.96. The third-order valence-electron chi connectivity index (χ3n) is 5.69. The van der Waals surface area contributed by atoms with Crippen molar-refractivity contribution in [3.05, 3.63) is 59.7 Å².